The van der Waals surface area contributed by atoms with E-state index in [1.807, 2.05) is 12.1 Å². The second-order valence-corrected chi connectivity index (χ2v) is 5.76. The number of aromatic nitrogens is 3. The molecule has 0 aliphatic heterocycles. The molecule has 0 atom stereocenters. The van der Waals surface area contributed by atoms with E-state index in [0.29, 0.717) is 18.4 Å². The van der Waals surface area contributed by atoms with Gasteiger partial charge in [-0.25, -0.2) is 0 Å². The van der Waals surface area contributed by atoms with Gasteiger partial charge in [0, 0.05) is 29.2 Å². The van der Waals surface area contributed by atoms with Crippen molar-refractivity contribution in [3.63, 3.8) is 0 Å². The van der Waals surface area contributed by atoms with Gasteiger partial charge in [0.05, 0.1) is 12.1 Å². The summed E-state index contributed by atoms with van der Waals surface area (Å²) < 4.78 is 6.90. The maximum atomic E-state index is 6.13. The maximum absolute atomic E-state index is 6.13. The Morgan fingerprint density at radius 3 is 2.95 bits per heavy atom. The van der Waals surface area contributed by atoms with Gasteiger partial charge in [0.15, 0.2) is 5.82 Å². The first kappa shape index (κ1) is 14.1. The van der Waals surface area contributed by atoms with Crippen molar-refractivity contribution in [1.82, 2.24) is 20.0 Å². The first-order chi connectivity index (χ1) is 10.1. The van der Waals surface area contributed by atoms with E-state index in [1.54, 1.807) is 0 Å². The Morgan fingerprint density at radius 1 is 1.38 bits per heavy atom. The van der Waals surface area contributed by atoms with Crippen LogP contribution in [0.15, 0.2) is 35.3 Å². The van der Waals surface area contributed by atoms with Crippen molar-refractivity contribution in [2.24, 2.45) is 0 Å². The van der Waals surface area contributed by atoms with Crippen molar-refractivity contribution in [1.29, 1.82) is 0 Å². The summed E-state index contributed by atoms with van der Waals surface area (Å²) >= 11 is 6.13. The summed E-state index contributed by atoms with van der Waals surface area (Å²) in [6, 6.07) is 6.38. The molecule has 0 bridgehead atoms. The van der Waals surface area contributed by atoms with Crippen molar-refractivity contribution >= 4 is 22.5 Å². The zero-order valence-electron chi connectivity index (χ0n) is 12.0. The number of nitrogens with one attached hydrogen (secondary N) is 1. The van der Waals surface area contributed by atoms with Gasteiger partial charge in [-0.3, -0.25) is 0 Å². The van der Waals surface area contributed by atoms with Crippen LogP contribution in [-0.4, -0.2) is 20.7 Å². The molecule has 6 heteroatoms. The predicted octanol–water partition coefficient (Wildman–Crippen LogP) is 3.22. The summed E-state index contributed by atoms with van der Waals surface area (Å²) in [6.07, 6.45) is 3.46. The molecule has 0 aliphatic carbocycles. The molecule has 0 spiro atoms. The summed E-state index contributed by atoms with van der Waals surface area (Å²) in [7, 11) is 0. The van der Waals surface area contributed by atoms with Gasteiger partial charge in [-0.2, -0.15) is 4.98 Å². The minimum absolute atomic E-state index is 0.438. The molecule has 0 saturated heterocycles. The average Bonchev–Trinajstić information content (AvgIpc) is 3.05. The van der Waals surface area contributed by atoms with E-state index in [9.17, 15) is 0 Å². The van der Waals surface area contributed by atoms with Crippen molar-refractivity contribution in [2.75, 3.05) is 0 Å². The Kier molecular flexibility index (Phi) is 3.94. The van der Waals surface area contributed by atoms with Crippen LogP contribution in [0.2, 0.25) is 5.02 Å². The van der Waals surface area contributed by atoms with Crippen LogP contribution in [-0.2, 0) is 13.1 Å². The number of fused-ring (bicyclic) bond motifs is 1. The second kappa shape index (κ2) is 5.87. The van der Waals surface area contributed by atoms with E-state index < -0.39 is 0 Å². The summed E-state index contributed by atoms with van der Waals surface area (Å²) in [5.74, 6) is 0.648. The van der Waals surface area contributed by atoms with Crippen LogP contribution in [0.4, 0.5) is 0 Å². The summed E-state index contributed by atoms with van der Waals surface area (Å²) in [6.45, 7) is 5.65. The molecule has 1 aromatic carbocycles. The Balaban J connectivity index is 2.00. The minimum Gasteiger partial charge on any atom is -0.343 e. The van der Waals surface area contributed by atoms with Gasteiger partial charge in [0.2, 0.25) is 6.39 Å². The smallest absolute Gasteiger partial charge is 0.213 e. The molecule has 3 aromatic rings. The standard InChI is InChI=1S/C15H17ClN4O/c1-10(2)17-6-11-7-20(8-15-18-9-21-19-15)14-5-12(16)3-4-13(11)14/h3-5,7,9-10,17H,6,8H2,1-2H3. The Hall–Kier alpha value is -1.85. The van der Waals surface area contributed by atoms with E-state index in [2.05, 4.69) is 46.1 Å². The monoisotopic (exact) mass is 304 g/mol. The van der Waals surface area contributed by atoms with Crippen LogP contribution in [0.1, 0.15) is 25.2 Å². The quantitative estimate of drug-likeness (QED) is 0.786. The van der Waals surface area contributed by atoms with Crippen LogP contribution in [0.3, 0.4) is 0 Å². The Bertz CT molecular complexity index is 734. The van der Waals surface area contributed by atoms with Gasteiger partial charge in [0.25, 0.3) is 0 Å². The lowest BCUT2D eigenvalue weighted by atomic mass is 10.1. The molecule has 21 heavy (non-hydrogen) atoms. The highest BCUT2D eigenvalue weighted by molar-refractivity contribution is 6.31. The third-order valence-corrected chi connectivity index (χ3v) is 3.58. The van der Waals surface area contributed by atoms with Gasteiger partial charge in [0.1, 0.15) is 0 Å². The van der Waals surface area contributed by atoms with E-state index in [0.717, 1.165) is 17.1 Å². The molecule has 2 aromatic heterocycles. The first-order valence-electron chi connectivity index (χ1n) is 6.89. The van der Waals surface area contributed by atoms with Gasteiger partial charge in [-0.1, -0.05) is 36.7 Å². The molecule has 5 nitrogen and oxygen atoms in total. The highest BCUT2D eigenvalue weighted by Gasteiger charge is 2.11. The lowest BCUT2D eigenvalue weighted by molar-refractivity contribution is 0.408. The molecule has 0 fully saturated rings. The molecule has 0 aliphatic rings. The first-order valence-corrected chi connectivity index (χ1v) is 7.27. The molecule has 0 amide bonds. The Morgan fingerprint density at radius 2 is 2.24 bits per heavy atom. The average molecular weight is 305 g/mol. The van der Waals surface area contributed by atoms with Crippen molar-refractivity contribution < 1.29 is 4.52 Å². The number of nitrogens with zero attached hydrogens (tertiary/aromatic N) is 3. The molecule has 0 radical (unpaired) electrons. The highest BCUT2D eigenvalue weighted by Crippen LogP contribution is 2.25. The fourth-order valence-electron chi connectivity index (χ4n) is 2.34. The SMILES string of the molecule is CC(C)NCc1cn(Cc2ncon2)c2cc(Cl)ccc12. The molecular formula is C15H17ClN4O. The van der Waals surface area contributed by atoms with Crippen LogP contribution < -0.4 is 5.32 Å². The third-order valence-electron chi connectivity index (χ3n) is 3.35. The van der Waals surface area contributed by atoms with Gasteiger partial charge in [-0.05, 0) is 17.7 Å². The van der Waals surface area contributed by atoms with Crippen molar-refractivity contribution in [3.05, 3.63) is 47.2 Å². The molecule has 2 heterocycles. The minimum atomic E-state index is 0.438. The number of hydrogen-bond donors (Lipinski definition) is 1. The Labute approximate surface area is 127 Å². The number of hydrogen-bond acceptors (Lipinski definition) is 4. The normalized spacial score (nSPS) is 11.6. The van der Waals surface area contributed by atoms with Crippen LogP contribution in [0.25, 0.3) is 10.9 Å². The predicted molar refractivity (Wildman–Crippen MR) is 82.3 cm³/mol. The maximum Gasteiger partial charge on any atom is 0.213 e. The lowest BCUT2D eigenvalue weighted by Gasteiger charge is -2.06. The van der Waals surface area contributed by atoms with E-state index in [4.69, 9.17) is 16.1 Å². The zero-order valence-corrected chi connectivity index (χ0v) is 12.8. The lowest BCUT2D eigenvalue weighted by Crippen LogP contribution is -2.21. The molecule has 3 rings (SSSR count). The van der Waals surface area contributed by atoms with Crippen LogP contribution >= 0.6 is 11.6 Å². The number of benzene rings is 1. The molecule has 0 saturated carbocycles. The molecule has 1 N–H and O–H groups in total. The zero-order chi connectivity index (χ0) is 14.8. The van der Waals surface area contributed by atoms with E-state index in [1.165, 1.54) is 17.3 Å². The topological polar surface area (TPSA) is 55.9 Å². The second-order valence-electron chi connectivity index (χ2n) is 5.33. The summed E-state index contributed by atoms with van der Waals surface area (Å²) in [4.78, 5) is 4.08. The van der Waals surface area contributed by atoms with Crippen molar-refractivity contribution in [2.45, 2.75) is 33.0 Å². The molecular weight excluding hydrogens is 288 g/mol. The van der Waals surface area contributed by atoms with Crippen LogP contribution in [0, 0.1) is 0 Å². The van der Waals surface area contributed by atoms with Gasteiger partial charge in [-0.15, -0.1) is 0 Å². The van der Waals surface area contributed by atoms with E-state index >= 15 is 0 Å². The number of rotatable bonds is 5. The summed E-state index contributed by atoms with van der Waals surface area (Å²) in [5, 5.41) is 9.22. The fourth-order valence-corrected chi connectivity index (χ4v) is 2.51. The number of halogens is 1. The molecule has 110 valence electrons. The van der Waals surface area contributed by atoms with Gasteiger partial charge >= 0.3 is 0 Å². The summed E-state index contributed by atoms with van der Waals surface area (Å²) in [5.41, 5.74) is 2.31. The van der Waals surface area contributed by atoms with Gasteiger partial charge < -0.3 is 14.4 Å². The fraction of sp³-hybridized carbons (Fsp3) is 0.333. The third kappa shape index (κ3) is 3.09. The van der Waals surface area contributed by atoms with Crippen molar-refractivity contribution in [3.8, 4) is 0 Å². The van der Waals surface area contributed by atoms with E-state index in [-0.39, 0.29) is 0 Å². The van der Waals surface area contributed by atoms with Crippen LogP contribution in [0.5, 0.6) is 0 Å². The largest absolute Gasteiger partial charge is 0.343 e. The highest BCUT2D eigenvalue weighted by atomic mass is 35.5. The molecule has 0 unspecified atom stereocenters.